The third-order valence-corrected chi connectivity index (χ3v) is 15.9. The molecule has 5 heteroatoms. The first-order valence-corrected chi connectivity index (χ1v) is 20.5. The largest absolute Gasteiger partial charge is 1.00 e. The Morgan fingerprint density at radius 1 is 0.479 bits per heavy atom. The third-order valence-electron chi connectivity index (χ3n) is 10.2. The van der Waals surface area contributed by atoms with Gasteiger partial charge in [0.2, 0.25) is 0 Å². The van der Waals surface area contributed by atoms with Gasteiger partial charge in [0, 0.05) is 0 Å². The van der Waals surface area contributed by atoms with E-state index in [0.717, 1.165) is 12.8 Å². The molecule has 48 heavy (non-hydrogen) atoms. The monoisotopic (exact) mass is 756 g/mol. The van der Waals surface area contributed by atoms with Crippen LogP contribution in [0.15, 0.2) is 75.3 Å². The zero-order valence-corrected chi connectivity index (χ0v) is 36.6. The van der Waals surface area contributed by atoms with E-state index < -0.39 is 8.07 Å². The fourth-order valence-corrected chi connectivity index (χ4v) is 13.5. The Balaban J connectivity index is 0.00000384. The predicted molar refractivity (Wildman–Crippen MR) is 199 cm³/mol. The van der Waals surface area contributed by atoms with Crippen molar-refractivity contribution in [3.05, 3.63) is 109 Å². The first-order valence-electron chi connectivity index (χ1n) is 17.7. The maximum atomic E-state index is 2.64. The number of allylic oxidation sites excluding steroid dienone is 4. The van der Waals surface area contributed by atoms with Crippen molar-refractivity contribution < 1.29 is 57.7 Å². The molecule has 3 aromatic rings. The van der Waals surface area contributed by atoms with E-state index >= 15 is 0 Å². The van der Waals surface area contributed by atoms with Crippen LogP contribution in [0.3, 0.4) is 0 Å². The molecule has 0 spiro atoms. The molecule has 0 saturated carbocycles. The molecule has 0 saturated heterocycles. The molecule has 0 radical (unpaired) electrons. The van der Waals surface area contributed by atoms with Gasteiger partial charge in [-0.15, -0.1) is 0 Å². The van der Waals surface area contributed by atoms with Gasteiger partial charge >= 0.3 is 291 Å². The standard InChI is InChI=1S/C43H59Si.3ClH.Ti/c1-14-33-16-15-17-43(33)44(40-21-34(27(2)3)18-35(22-40)28(4)5,41-23-36(29(6)7)19-37(24-41)30(8)9)42-25-38(31(10)11)20-39(26-42)32(12)13;;;;/h15,18-32H,14,17H2,1-13H3;3*1H;/q;;;;+3/p-3. The van der Waals surface area contributed by atoms with Gasteiger partial charge in [-0.2, -0.15) is 0 Å². The second kappa shape index (κ2) is 18.4. The van der Waals surface area contributed by atoms with Crippen molar-refractivity contribution >= 4 is 23.6 Å². The van der Waals surface area contributed by atoms with Crippen molar-refractivity contribution in [2.24, 2.45) is 0 Å². The Morgan fingerprint density at radius 3 is 0.938 bits per heavy atom. The molecule has 0 bridgehead atoms. The van der Waals surface area contributed by atoms with Gasteiger partial charge in [-0.05, 0) is 0 Å². The fourth-order valence-electron chi connectivity index (χ4n) is 7.10. The molecule has 0 N–H and O–H groups in total. The summed E-state index contributed by atoms with van der Waals surface area (Å²) < 4.78 is 1.49. The van der Waals surface area contributed by atoms with Gasteiger partial charge in [0.1, 0.15) is 0 Å². The van der Waals surface area contributed by atoms with E-state index in [-0.39, 0.29) is 37.2 Å². The number of benzene rings is 3. The van der Waals surface area contributed by atoms with Gasteiger partial charge in [0.25, 0.3) is 0 Å². The number of hydrogen-bond donors (Lipinski definition) is 0. The Labute approximate surface area is 326 Å². The van der Waals surface area contributed by atoms with E-state index in [4.69, 9.17) is 0 Å². The molecule has 0 amide bonds. The Bertz CT molecular complexity index is 1360. The molecule has 0 aliphatic heterocycles. The topological polar surface area (TPSA) is 0 Å². The van der Waals surface area contributed by atoms with E-state index in [2.05, 4.69) is 171 Å². The summed E-state index contributed by atoms with van der Waals surface area (Å²) in [6, 6.07) is 23.4. The summed E-state index contributed by atoms with van der Waals surface area (Å²) in [5.41, 5.74) is 10.4. The van der Waals surface area contributed by atoms with Crippen molar-refractivity contribution in [3.8, 4) is 0 Å². The fraction of sp³-hybridized carbons (Fsp3) is 0.488. The van der Waals surface area contributed by atoms with Crippen LogP contribution in [0.25, 0.3) is 0 Å². The summed E-state index contributed by atoms with van der Waals surface area (Å²) in [7, 11) is -2.75. The summed E-state index contributed by atoms with van der Waals surface area (Å²) in [6.45, 7) is 30.8. The van der Waals surface area contributed by atoms with Crippen molar-refractivity contribution in [1.29, 1.82) is 0 Å². The molecule has 3 aromatic carbocycles. The van der Waals surface area contributed by atoms with Crippen molar-refractivity contribution in [3.63, 3.8) is 0 Å². The van der Waals surface area contributed by atoms with E-state index in [1.54, 1.807) is 26.3 Å². The maximum Gasteiger partial charge on any atom is -1.00 e. The summed E-state index contributed by atoms with van der Waals surface area (Å²) in [5.74, 6) is 2.83. The van der Waals surface area contributed by atoms with Gasteiger partial charge in [0.05, 0.1) is 0 Å². The van der Waals surface area contributed by atoms with Gasteiger partial charge in [-0.1, -0.05) is 0 Å². The zero-order valence-electron chi connectivity index (χ0n) is 31.8. The van der Waals surface area contributed by atoms with Crippen molar-refractivity contribution in [1.82, 2.24) is 0 Å². The van der Waals surface area contributed by atoms with Crippen LogP contribution < -0.4 is 52.8 Å². The second-order valence-electron chi connectivity index (χ2n) is 15.5. The van der Waals surface area contributed by atoms with E-state index in [1.165, 1.54) is 37.3 Å². The molecule has 0 aromatic heterocycles. The minimum Gasteiger partial charge on any atom is -1.00 e. The Morgan fingerprint density at radius 2 is 0.729 bits per heavy atom. The minimum absolute atomic E-state index is 0. The molecular weight excluding hydrogens is 699 g/mol. The first kappa shape index (κ1) is 45.0. The zero-order chi connectivity index (χ0) is 33.4. The van der Waals surface area contributed by atoms with Crippen molar-refractivity contribution in [2.45, 2.75) is 138 Å². The molecule has 0 heterocycles. The van der Waals surface area contributed by atoms with Crippen LogP contribution in [0.1, 0.15) is 172 Å². The van der Waals surface area contributed by atoms with Crippen LogP contribution >= 0.6 is 0 Å². The summed E-state index contributed by atoms with van der Waals surface area (Å²) >= 11 is 2.36. The van der Waals surface area contributed by atoms with Crippen LogP contribution in [-0.2, 0) is 20.4 Å². The van der Waals surface area contributed by atoms with Crippen molar-refractivity contribution in [2.75, 3.05) is 0 Å². The molecule has 1 aliphatic rings. The normalized spacial score (nSPS) is 13.5. The van der Waals surface area contributed by atoms with E-state index in [9.17, 15) is 0 Å². The minimum atomic E-state index is -2.75. The predicted octanol–water partition coefficient (Wildman–Crippen LogP) is 1.99. The number of halogens is 3. The molecule has 1 aliphatic carbocycles. The SMILES string of the molecule is CCC1=C([Si](c2cc(C(C)C)cc(C(C)C)c2)(c2cc(C(C)C)cc(C(C)C)c2)c2cc(C(C)C)cc(C(C)C)c2)CC=[C]1[Ti+3].[Cl-].[Cl-].[Cl-]. The second-order valence-corrected chi connectivity index (χ2v) is 20.2. The average molecular weight is 758 g/mol. The van der Waals surface area contributed by atoms with E-state index in [0.29, 0.717) is 35.5 Å². The number of rotatable bonds is 11. The van der Waals surface area contributed by atoms with E-state index in [1.807, 2.05) is 0 Å². The quantitative estimate of drug-likeness (QED) is 0.208. The Kier molecular flexibility index (Phi) is 17.3. The van der Waals surface area contributed by atoms with Crippen LogP contribution in [0.2, 0.25) is 0 Å². The average Bonchev–Trinajstić information content (AvgIpc) is 3.37. The molecule has 4 rings (SSSR count). The van der Waals surface area contributed by atoms with Gasteiger partial charge in [0.15, 0.2) is 0 Å². The van der Waals surface area contributed by atoms with Crippen LogP contribution in [0.4, 0.5) is 0 Å². The molecule has 260 valence electrons. The van der Waals surface area contributed by atoms with Gasteiger partial charge in [-0.25, -0.2) is 0 Å². The smallest absolute Gasteiger partial charge is 1.00 e. The molecule has 0 atom stereocenters. The van der Waals surface area contributed by atoms with Crippen LogP contribution in [0, 0.1) is 0 Å². The third kappa shape index (κ3) is 9.05. The van der Waals surface area contributed by atoms with Gasteiger partial charge < -0.3 is 37.2 Å². The first-order chi connectivity index (χ1) is 21.1. The maximum absolute atomic E-state index is 2.75. The molecule has 0 fully saturated rings. The summed E-state index contributed by atoms with van der Waals surface area (Å²) in [4.78, 5) is 0. The van der Waals surface area contributed by atoms with Gasteiger partial charge in [-0.3, -0.25) is 0 Å². The Hall–Kier alpha value is -1.06. The number of hydrogen-bond acceptors (Lipinski definition) is 0. The summed E-state index contributed by atoms with van der Waals surface area (Å²) in [6.07, 6.45) is 4.67. The molecule has 0 nitrogen and oxygen atoms in total. The van der Waals surface area contributed by atoms with Crippen LogP contribution in [-0.4, -0.2) is 8.07 Å². The molecule has 0 unspecified atom stereocenters. The summed E-state index contributed by atoms with van der Waals surface area (Å²) in [5, 5.41) is 6.44. The molecular formula is C43H59Cl3SiTi. The van der Waals surface area contributed by atoms with Crippen LogP contribution in [0.5, 0.6) is 0 Å².